The Balaban J connectivity index is 2.37. The zero-order valence-electron chi connectivity index (χ0n) is 11.2. The summed E-state index contributed by atoms with van der Waals surface area (Å²) in [6.07, 6.45) is 14.5. The van der Waals surface area contributed by atoms with Crippen LogP contribution in [0.5, 0.6) is 0 Å². The number of carbonyl (C=O) groups is 1. The van der Waals surface area contributed by atoms with Gasteiger partial charge in [-0.05, 0) is 32.1 Å². The molecule has 0 aliphatic rings. The lowest BCUT2D eigenvalue weighted by molar-refractivity contribution is -0.138. The molecule has 0 aliphatic heterocycles. The fourth-order valence-corrected chi connectivity index (χ4v) is 1.24. The number of ether oxygens (including phenoxy) is 1. The van der Waals surface area contributed by atoms with E-state index in [0.29, 0.717) is 12.2 Å². The molecule has 19 heavy (non-hydrogen) atoms. The van der Waals surface area contributed by atoms with E-state index in [4.69, 9.17) is 9.15 Å². The van der Waals surface area contributed by atoms with Crippen LogP contribution < -0.4 is 0 Å². The van der Waals surface area contributed by atoms with Gasteiger partial charge in [-0.1, -0.05) is 36.5 Å². The van der Waals surface area contributed by atoms with Crippen LogP contribution in [-0.4, -0.2) is 12.6 Å². The first-order chi connectivity index (χ1) is 9.24. The van der Waals surface area contributed by atoms with Gasteiger partial charge in [0.25, 0.3) is 0 Å². The summed E-state index contributed by atoms with van der Waals surface area (Å²) in [5.74, 6) is 0.528. The van der Waals surface area contributed by atoms with Crippen molar-refractivity contribution < 1.29 is 13.9 Å². The van der Waals surface area contributed by atoms with Crippen molar-refractivity contribution in [2.45, 2.75) is 13.8 Å². The van der Waals surface area contributed by atoms with Crippen LogP contribution in [-0.2, 0) is 9.53 Å². The van der Waals surface area contributed by atoms with Gasteiger partial charge in [0.2, 0.25) is 0 Å². The molecule has 0 aromatic carbocycles. The zero-order chi connectivity index (χ0) is 13.9. The molecule has 1 aromatic heterocycles. The minimum Gasteiger partial charge on any atom is -0.465 e. The van der Waals surface area contributed by atoms with E-state index >= 15 is 0 Å². The number of furan rings is 1. The largest absolute Gasteiger partial charge is 0.465 e. The quantitative estimate of drug-likeness (QED) is 0.441. The maximum atomic E-state index is 11.3. The second-order valence-corrected chi connectivity index (χ2v) is 3.71. The van der Waals surface area contributed by atoms with Crippen LogP contribution in [0.2, 0.25) is 0 Å². The number of hydrogen-bond donors (Lipinski definition) is 0. The monoisotopic (exact) mass is 258 g/mol. The molecule has 100 valence electrons. The van der Waals surface area contributed by atoms with Gasteiger partial charge in [0.15, 0.2) is 0 Å². The molecule has 0 radical (unpaired) electrons. The van der Waals surface area contributed by atoms with Gasteiger partial charge in [-0.25, -0.2) is 4.79 Å². The van der Waals surface area contributed by atoms with E-state index in [1.165, 1.54) is 0 Å². The molecule has 0 unspecified atom stereocenters. The summed E-state index contributed by atoms with van der Waals surface area (Å²) < 4.78 is 10.0. The average Bonchev–Trinajstić information content (AvgIpc) is 2.90. The molecule has 1 rings (SSSR count). The topological polar surface area (TPSA) is 39.4 Å². The van der Waals surface area contributed by atoms with Crippen molar-refractivity contribution in [3.63, 3.8) is 0 Å². The Kier molecular flexibility index (Phi) is 6.80. The number of carbonyl (C=O) groups excluding carboxylic acids is 1. The molecule has 0 N–H and O–H groups in total. The third-order valence-corrected chi connectivity index (χ3v) is 2.19. The Bertz CT molecular complexity index is 488. The standard InChI is InChI=1S/C16H18O3/c1-3-18-16(17)14(2)10-7-5-4-6-8-11-15-12-9-13-19-15/h4-13H,3H2,1-2H3/b6-4+,7-5+,11-8+,14-10+. The first kappa shape index (κ1) is 14.8. The lowest BCUT2D eigenvalue weighted by Gasteiger charge is -1.98. The van der Waals surface area contributed by atoms with Crippen LogP contribution >= 0.6 is 0 Å². The molecule has 0 saturated carbocycles. The van der Waals surface area contributed by atoms with Crippen molar-refractivity contribution >= 4 is 12.0 Å². The molecule has 0 amide bonds. The highest BCUT2D eigenvalue weighted by atomic mass is 16.5. The average molecular weight is 258 g/mol. The van der Waals surface area contributed by atoms with Gasteiger partial charge in [-0.3, -0.25) is 0 Å². The highest BCUT2D eigenvalue weighted by molar-refractivity contribution is 5.88. The second kappa shape index (κ2) is 8.75. The SMILES string of the molecule is CCOC(=O)/C(C)=C/C=C/C=C/C=C/c1ccco1. The van der Waals surface area contributed by atoms with Gasteiger partial charge >= 0.3 is 5.97 Å². The minimum absolute atomic E-state index is 0.283. The Morgan fingerprint density at radius 1 is 1.26 bits per heavy atom. The summed E-state index contributed by atoms with van der Waals surface area (Å²) in [4.78, 5) is 11.3. The molecule has 0 atom stereocenters. The molecule has 1 heterocycles. The lowest BCUT2D eigenvalue weighted by Crippen LogP contribution is -2.04. The molecular weight excluding hydrogens is 240 g/mol. The summed E-state index contributed by atoms with van der Waals surface area (Å²) in [6.45, 7) is 3.91. The van der Waals surface area contributed by atoms with Crippen molar-refractivity contribution in [1.29, 1.82) is 0 Å². The fourth-order valence-electron chi connectivity index (χ4n) is 1.24. The molecule has 1 aromatic rings. The zero-order valence-corrected chi connectivity index (χ0v) is 11.2. The normalized spacial score (nSPS) is 12.8. The maximum absolute atomic E-state index is 11.3. The second-order valence-electron chi connectivity index (χ2n) is 3.71. The van der Waals surface area contributed by atoms with E-state index in [0.717, 1.165) is 5.76 Å². The number of esters is 1. The first-order valence-electron chi connectivity index (χ1n) is 6.13. The van der Waals surface area contributed by atoms with Gasteiger partial charge in [-0.15, -0.1) is 0 Å². The van der Waals surface area contributed by atoms with E-state index in [9.17, 15) is 4.79 Å². The van der Waals surface area contributed by atoms with E-state index in [1.807, 2.05) is 42.5 Å². The number of allylic oxidation sites excluding steroid dienone is 6. The van der Waals surface area contributed by atoms with Crippen LogP contribution in [0.25, 0.3) is 6.08 Å². The van der Waals surface area contributed by atoms with E-state index in [2.05, 4.69) is 0 Å². The lowest BCUT2D eigenvalue weighted by atomic mass is 10.2. The van der Waals surface area contributed by atoms with Gasteiger partial charge in [0.1, 0.15) is 5.76 Å². The predicted octanol–water partition coefficient (Wildman–Crippen LogP) is 3.91. The molecule has 3 heteroatoms. The summed E-state index contributed by atoms with van der Waals surface area (Å²) in [5.41, 5.74) is 0.581. The summed E-state index contributed by atoms with van der Waals surface area (Å²) in [6, 6.07) is 3.72. The molecule has 0 bridgehead atoms. The summed E-state index contributed by atoms with van der Waals surface area (Å²) in [5, 5.41) is 0. The van der Waals surface area contributed by atoms with Gasteiger partial charge in [0.05, 0.1) is 12.9 Å². The van der Waals surface area contributed by atoms with Crippen molar-refractivity contribution in [3.05, 3.63) is 66.2 Å². The highest BCUT2D eigenvalue weighted by Crippen LogP contribution is 2.02. The molecule has 0 aliphatic carbocycles. The molecule has 0 spiro atoms. The fraction of sp³-hybridized carbons (Fsp3) is 0.188. The Hall–Kier alpha value is -2.29. The van der Waals surface area contributed by atoms with Crippen LogP contribution in [0.4, 0.5) is 0 Å². The minimum atomic E-state index is -0.283. The molecule has 3 nitrogen and oxygen atoms in total. The van der Waals surface area contributed by atoms with Crippen LogP contribution in [0.3, 0.4) is 0 Å². The van der Waals surface area contributed by atoms with Crippen molar-refractivity contribution in [1.82, 2.24) is 0 Å². The Morgan fingerprint density at radius 2 is 2.00 bits per heavy atom. The van der Waals surface area contributed by atoms with Gasteiger partial charge in [-0.2, -0.15) is 0 Å². The van der Waals surface area contributed by atoms with Crippen LogP contribution in [0, 0.1) is 0 Å². The summed E-state index contributed by atoms with van der Waals surface area (Å²) >= 11 is 0. The highest BCUT2D eigenvalue weighted by Gasteiger charge is 2.01. The molecule has 0 saturated heterocycles. The molecular formula is C16H18O3. The van der Waals surface area contributed by atoms with E-state index in [-0.39, 0.29) is 5.97 Å². The number of hydrogen-bond acceptors (Lipinski definition) is 3. The Morgan fingerprint density at radius 3 is 2.68 bits per heavy atom. The Labute approximate surface area is 113 Å². The first-order valence-corrected chi connectivity index (χ1v) is 6.13. The van der Waals surface area contributed by atoms with Crippen molar-refractivity contribution in [3.8, 4) is 0 Å². The van der Waals surface area contributed by atoms with Crippen molar-refractivity contribution in [2.75, 3.05) is 6.61 Å². The van der Waals surface area contributed by atoms with Crippen LogP contribution in [0.1, 0.15) is 19.6 Å². The number of rotatable bonds is 6. The van der Waals surface area contributed by atoms with E-state index in [1.54, 1.807) is 32.3 Å². The van der Waals surface area contributed by atoms with Gasteiger partial charge in [0, 0.05) is 5.57 Å². The molecule has 0 fully saturated rings. The van der Waals surface area contributed by atoms with E-state index < -0.39 is 0 Å². The van der Waals surface area contributed by atoms with Crippen molar-refractivity contribution in [2.24, 2.45) is 0 Å². The van der Waals surface area contributed by atoms with Gasteiger partial charge < -0.3 is 9.15 Å². The smallest absolute Gasteiger partial charge is 0.333 e. The van der Waals surface area contributed by atoms with Crippen LogP contribution in [0.15, 0.2) is 64.8 Å². The third kappa shape index (κ3) is 6.27. The summed E-state index contributed by atoms with van der Waals surface area (Å²) in [7, 11) is 0. The maximum Gasteiger partial charge on any atom is 0.333 e. The third-order valence-electron chi connectivity index (χ3n) is 2.19. The predicted molar refractivity (Wildman–Crippen MR) is 76.4 cm³/mol.